The van der Waals surface area contributed by atoms with E-state index in [2.05, 4.69) is 19.2 Å². The maximum absolute atomic E-state index is 10.3. The minimum absolute atomic E-state index is 0.0700. The number of rotatable bonds is 2. The van der Waals surface area contributed by atoms with Crippen molar-refractivity contribution in [1.29, 1.82) is 0 Å². The second-order valence-corrected chi connectivity index (χ2v) is 5.57. The van der Waals surface area contributed by atoms with Gasteiger partial charge in [-0.05, 0) is 50.8 Å². The van der Waals surface area contributed by atoms with Crippen LogP contribution in [0, 0.1) is 0 Å². The number of aliphatic hydroxyl groups is 1. The van der Waals surface area contributed by atoms with Crippen LogP contribution in [-0.2, 0) is 0 Å². The van der Waals surface area contributed by atoms with Gasteiger partial charge in [-0.25, -0.2) is 0 Å². The maximum Gasteiger partial charge on any atom is 0.115 e. The lowest BCUT2D eigenvalue weighted by Gasteiger charge is -2.39. The lowest BCUT2D eigenvalue weighted by Crippen LogP contribution is -2.51. The summed E-state index contributed by atoms with van der Waals surface area (Å²) in [5.74, 6) is 0.205. The molecule has 0 bridgehead atoms. The largest absolute Gasteiger partial charge is 0.508 e. The first-order chi connectivity index (χ1) is 7.98. The van der Waals surface area contributed by atoms with Gasteiger partial charge in [0.15, 0.2) is 0 Å². The fourth-order valence-corrected chi connectivity index (χ4v) is 2.59. The zero-order chi connectivity index (χ0) is 12.5. The second-order valence-electron chi connectivity index (χ2n) is 5.57. The van der Waals surface area contributed by atoms with Gasteiger partial charge in [0.25, 0.3) is 0 Å². The zero-order valence-corrected chi connectivity index (χ0v) is 10.5. The minimum atomic E-state index is -0.554. The molecule has 3 nitrogen and oxygen atoms in total. The van der Waals surface area contributed by atoms with E-state index >= 15 is 0 Å². The van der Waals surface area contributed by atoms with Crippen molar-refractivity contribution in [2.75, 3.05) is 0 Å². The third-order valence-electron chi connectivity index (χ3n) is 3.49. The van der Waals surface area contributed by atoms with Gasteiger partial charge in [0.1, 0.15) is 5.75 Å². The molecule has 0 radical (unpaired) electrons. The number of aromatic hydroxyl groups is 1. The lowest BCUT2D eigenvalue weighted by atomic mass is 9.85. The van der Waals surface area contributed by atoms with E-state index in [1.54, 1.807) is 18.2 Å². The van der Waals surface area contributed by atoms with Crippen molar-refractivity contribution in [2.24, 2.45) is 0 Å². The maximum atomic E-state index is 10.3. The van der Waals surface area contributed by atoms with Crippen LogP contribution in [0.5, 0.6) is 5.75 Å². The lowest BCUT2D eigenvalue weighted by molar-refractivity contribution is 0.0843. The highest BCUT2D eigenvalue weighted by Gasteiger charge is 2.31. The minimum Gasteiger partial charge on any atom is -0.508 e. The third kappa shape index (κ3) is 2.99. The topological polar surface area (TPSA) is 52.5 Å². The van der Waals surface area contributed by atoms with E-state index in [0.717, 1.165) is 24.8 Å². The van der Waals surface area contributed by atoms with Crippen LogP contribution in [0.25, 0.3) is 0 Å². The summed E-state index contributed by atoms with van der Waals surface area (Å²) < 4.78 is 0. The molecule has 0 spiro atoms. The highest BCUT2D eigenvalue weighted by atomic mass is 16.3. The molecule has 0 aliphatic carbocycles. The average molecular weight is 235 g/mol. The van der Waals surface area contributed by atoms with Crippen LogP contribution in [0.4, 0.5) is 0 Å². The predicted molar refractivity (Wildman–Crippen MR) is 67.9 cm³/mol. The second kappa shape index (κ2) is 4.67. The Bertz CT molecular complexity index is 390. The molecule has 2 atom stereocenters. The molecule has 1 fully saturated rings. The van der Waals surface area contributed by atoms with Crippen molar-refractivity contribution in [3.05, 3.63) is 29.8 Å². The van der Waals surface area contributed by atoms with Crippen molar-refractivity contribution in [2.45, 2.75) is 50.8 Å². The van der Waals surface area contributed by atoms with Gasteiger partial charge in [0.2, 0.25) is 0 Å². The number of phenolic OH excluding ortho intramolecular Hbond substituents is 1. The number of aliphatic hydroxyl groups excluding tert-OH is 1. The Morgan fingerprint density at radius 3 is 2.82 bits per heavy atom. The van der Waals surface area contributed by atoms with Gasteiger partial charge in [0.05, 0.1) is 6.10 Å². The van der Waals surface area contributed by atoms with E-state index in [9.17, 15) is 10.2 Å². The Hall–Kier alpha value is -1.06. The third-order valence-corrected chi connectivity index (χ3v) is 3.49. The summed E-state index contributed by atoms with van der Waals surface area (Å²) in [6.45, 7) is 4.32. The molecule has 0 saturated carbocycles. The fraction of sp³-hybridized carbons (Fsp3) is 0.571. The monoisotopic (exact) mass is 235 g/mol. The fourth-order valence-electron chi connectivity index (χ4n) is 2.59. The van der Waals surface area contributed by atoms with E-state index in [4.69, 9.17) is 0 Å². The summed E-state index contributed by atoms with van der Waals surface area (Å²) in [5, 5.41) is 23.2. The quantitative estimate of drug-likeness (QED) is 0.737. The van der Waals surface area contributed by atoms with Crippen LogP contribution in [0.1, 0.15) is 44.8 Å². The van der Waals surface area contributed by atoms with Crippen LogP contribution in [0.3, 0.4) is 0 Å². The van der Waals surface area contributed by atoms with E-state index in [0.29, 0.717) is 0 Å². The van der Waals surface area contributed by atoms with Crippen molar-refractivity contribution < 1.29 is 10.2 Å². The molecule has 0 amide bonds. The highest BCUT2D eigenvalue weighted by Crippen LogP contribution is 2.29. The summed E-state index contributed by atoms with van der Waals surface area (Å²) >= 11 is 0. The molecule has 1 aromatic rings. The average Bonchev–Trinajstić information content (AvgIpc) is 2.26. The Morgan fingerprint density at radius 1 is 1.41 bits per heavy atom. The molecule has 1 aromatic carbocycles. The summed E-state index contributed by atoms with van der Waals surface area (Å²) in [7, 11) is 0. The van der Waals surface area contributed by atoms with Crippen molar-refractivity contribution in [3.8, 4) is 5.75 Å². The molecule has 0 aromatic heterocycles. The van der Waals surface area contributed by atoms with Crippen LogP contribution >= 0.6 is 0 Å². The van der Waals surface area contributed by atoms with Crippen molar-refractivity contribution in [3.63, 3.8) is 0 Å². The van der Waals surface area contributed by atoms with Gasteiger partial charge >= 0.3 is 0 Å². The number of nitrogens with one attached hydrogen (secondary N) is 1. The molecule has 17 heavy (non-hydrogen) atoms. The van der Waals surface area contributed by atoms with Gasteiger partial charge in [-0.2, -0.15) is 0 Å². The molecule has 94 valence electrons. The number of phenols is 1. The van der Waals surface area contributed by atoms with Crippen LogP contribution in [-0.4, -0.2) is 21.8 Å². The predicted octanol–water partition coefficient (Wildman–Crippen LogP) is 2.35. The van der Waals surface area contributed by atoms with Crippen LogP contribution in [0.2, 0.25) is 0 Å². The van der Waals surface area contributed by atoms with E-state index in [1.807, 2.05) is 6.07 Å². The Balaban J connectivity index is 2.12. The molecule has 1 heterocycles. The SMILES string of the molecule is CC1(C)CCC[C@H](C(O)c2cccc(O)c2)N1. The first-order valence-corrected chi connectivity index (χ1v) is 6.23. The van der Waals surface area contributed by atoms with Crippen molar-refractivity contribution >= 4 is 0 Å². The first kappa shape index (κ1) is 12.4. The molecular formula is C14H21NO2. The Labute approximate surface area is 102 Å². The first-order valence-electron chi connectivity index (χ1n) is 6.23. The van der Waals surface area contributed by atoms with Gasteiger partial charge in [-0.3, -0.25) is 0 Å². The summed E-state index contributed by atoms with van der Waals surface area (Å²) in [5.41, 5.74) is 0.862. The highest BCUT2D eigenvalue weighted by molar-refractivity contribution is 5.29. The molecular weight excluding hydrogens is 214 g/mol. The molecule has 3 heteroatoms. The summed E-state index contributed by atoms with van der Waals surface area (Å²) in [6.07, 6.45) is 2.68. The van der Waals surface area contributed by atoms with Crippen molar-refractivity contribution in [1.82, 2.24) is 5.32 Å². The molecule has 1 aliphatic rings. The van der Waals surface area contributed by atoms with Gasteiger partial charge in [0, 0.05) is 11.6 Å². The number of benzene rings is 1. The molecule has 1 aliphatic heterocycles. The summed E-state index contributed by atoms with van der Waals surface area (Å²) in [4.78, 5) is 0. The Morgan fingerprint density at radius 2 is 2.18 bits per heavy atom. The number of hydrogen-bond acceptors (Lipinski definition) is 3. The molecule has 1 unspecified atom stereocenters. The van der Waals surface area contributed by atoms with E-state index < -0.39 is 6.10 Å². The van der Waals surface area contributed by atoms with E-state index in [-0.39, 0.29) is 17.3 Å². The Kier molecular flexibility index (Phi) is 3.40. The van der Waals surface area contributed by atoms with Crippen LogP contribution < -0.4 is 5.32 Å². The number of hydrogen-bond donors (Lipinski definition) is 3. The van der Waals surface area contributed by atoms with Gasteiger partial charge in [-0.1, -0.05) is 12.1 Å². The van der Waals surface area contributed by atoms with Gasteiger partial charge < -0.3 is 15.5 Å². The van der Waals surface area contributed by atoms with Gasteiger partial charge in [-0.15, -0.1) is 0 Å². The molecule has 1 saturated heterocycles. The molecule has 3 N–H and O–H groups in total. The molecule has 2 rings (SSSR count). The van der Waals surface area contributed by atoms with Crippen LogP contribution in [0.15, 0.2) is 24.3 Å². The standard InChI is InChI=1S/C14H21NO2/c1-14(2)8-4-7-12(15-14)13(17)10-5-3-6-11(16)9-10/h3,5-6,9,12-13,15-17H,4,7-8H2,1-2H3/t12-,13?/m1/s1. The number of piperidine rings is 1. The smallest absolute Gasteiger partial charge is 0.115 e. The summed E-state index contributed by atoms with van der Waals surface area (Å²) in [6, 6.07) is 6.94. The normalized spacial score (nSPS) is 25.5. The van der Waals surface area contributed by atoms with E-state index in [1.165, 1.54) is 0 Å². The zero-order valence-electron chi connectivity index (χ0n) is 10.5.